The van der Waals surface area contributed by atoms with Crippen LogP contribution in [-0.4, -0.2) is 29.6 Å². The highest BCUT2D eigenvalue weighted by Gasteiger charge is 2.63. The van der Waals surface area contributed by atoms with Crippen molar-refractivity contribution in [3.63, 3.8) is 0 Å². The van der Waals surface area contributed by atoms with E-state index >= 15 is 0 Å². The normalized spacial score (nSPS) is 26.0. The predicted octanol–water partition coefficient (Wildman–Crippen LogP) is 8.31. The lowest BCUT2D eigenvalue weighted by Gasteiger charge is -2.29. The Labute approximate surface area is 255 Å². The Morgan fingerprint density at radius 3 is 2.40 bits per heavy atom. The molecule has 12 heteroatoms. The van der Waals surface area contributed by atoms with E-state index in [4.69, 9.17) is 28.0 Å². The van der Waals surface area contributed by atoms with E-state index in [0.29, 0.717) is 29.0 Å². The molecule has 3 unspecified atom stereocenters. The first-order chi connectivity index (χ1) is 20.0. The highest BCUT2D eigenvalue weighted by molar-refractivity contribution is 7.16. The van der Waals surface area contributed by atoms with Gasteiger partial charge in [-0.3, -0.25) is 9.59 Å². The van der Waals surface area contributed by atoms with E-state index in [9.17, 15) is 27.2 Å². The van der Waals surface area contributed by atoms with Crippen LogP contribution >= 0.6 is 34.5 Å². The zero-order chi connectivity index (χ0) is 29.8. The molecule has 2 fully saturated rings. The second-order valence-electron chi connectivity index (χ2n) is 11.9. The lowest BCUT2D eigenvalue weighted by atomic mass is 9.81. The summed E-state index contributed by atoms with van der Waals surface area (Å²) in [5, 5.41) is 5.73. The summed E-state index contributed by atoms with van der Waals surface area (Å²) in [5.74, 6) is -0.608. The van der Waals surface area contributed by atoms with E-state index in [1.807, 2.05) is 0 Å². The summed E-state index contributed by atoms with van der Waals surface area (Å²) >= 11 is 12.8. The second kappa shape index (κ2) is 11.4. The molecule has 1 aromatic heterocycles. The lowest BCUT2D eigenvalue weighted by molar-refractivity contribution is -0.275. The highest BCUT2D eigenvalue weighted by atomic mass is 35.5. The molecule has 1 amide bonds. The van der Waals surface area contributed by atoms with Crippen LogP contribution in [0.2, 0.25) is 10.0 Å². The summed E-state index contributed by atoms with van der Waals surface area (Å²) in [6, 6.07) is 1.16. The molecule has 226 valence electrons. The number of hydrogen-bond donors (Lipinski definition) is 1. The van der Waals surface area contributed by atoms with Crippen LogP contribution in [0.15, 0.2) is 17.3 Å². The highest BCUT2D eigenvalue weighted by Crippen LogP contribution is 2.51. The van der Waals surface area contributed by atoms with Gasteiger partial charge in [0.1, 0.15) is 5.71 Å². The quantitative estimate of drug-likeness (QED) is 0.243. The number of nitrogens with zero attached hydrogens (tertiary/aromatic N) is 1. The fourth-order valence-corrected chi connectivity index (χ4v) is 8.26. The standard InChI is InChI=1S/C30H30Cl2F4N2O3S/c31-20-12-17(13-21(32)24(20)33)29(30(34,35)36)14-23(38-41-29)26-18-5-1-2-6-19(18)27(42-26)28(40)37-22-7-3-4-16(25(22)39)11-10-15-8-9-15/h12-13,15-16,22H,1-11,14H2,(H,37,40). The first kappa shape index (κ1) is 29.9. The number of ketones is 1. The van der Waals surface area contributed by atoms with Crippen molar-refractivity contribution in [2.45, 2.75) is 94.9 Å². The zero-order valence-corrected chi connectivity index (χ0v) is 25.0. The van der Waals surface area contributed by atoms with E-state index in [1.165, 1.54) is 12.8 Å². The second-order valence-corrected chi connectivity index (χ2v) is 13.7. The third-order valence-corrected chi connectivity index (χ3v) is 10.9. The molecular weight excluding hydrogens is 615 g/mol. The molecule has 4 aliphatic rings. The molecular formula is C30H30Cl2F4N2O3S. The van der Waals surface area contributed by atoms with Crippen LogP contribution in [0, 0.1) is 17.7 Å². The monoisotopic (exact) mass is 644 g/mol. The first-order valence-corrected chi connectivity index (χ1v) is 16.0. The molecule has 1 aromatic carbocycles. The van der Waals surface area contributed by atoms with Crippen LogP contribution in [0.25, 0.3) is 0 Å². The van der Waals surface area contributed by atoms with Gasteiger partial charge in [0.2, 0.25) is 0 Å². The van der Waals surface area contributed by atoms with Crippen molar-refractivity contribution >= 4 is 51.9 Å². The molecule has 0 saturated heterocycles. The number of fused-ring (bicyclic) bond motifs is 1. The SMILES string of the molecule is O=C(NC1CCCC(CCC2CC2)C1=O)c1sc(C2=NOC(c3cc(Cl)c(F)c(Cl)c3)(C(F)(F)F)C2)c2c1CCCC2. The Kier molecular flexibility index (Phi) is 8.11. The summed E-state index contributed by atoms with van der Waals surface area (Å²) in [7, 11) is 0. The molecule has 1 N–H and O–H groups in total. The summed E-state index contributed by atoms with van der Waals surface area (Å²) in [4.78, 5) is 32.8. The van der Waals surface area contributed by atoms with Gasteiger partial charge in [0.05, 0.1) is 32.3 Å². The molecule has 3 aliphatic carbocycles. The number of carbonyl (C=O) groups is 2. The van der Waals surface area contributed by atoms with Gasteiger partial charge in [-0.05, 0) is 80.5 Å². The van der Waals surface area contributed by atoms with Crippen LogP contribution in [0.5, 0.6) is 0 Å². The summed E-state index contributed by atoms with van der Waals surface area (Å²) in [6.45, 7) is 0. The van der Waals surface area contributed by atoms with Crippen molar-refractivity contribution in [1.29, 1.82) is 0 Å². The first-order valence-electron chi connectivity index (χ1n) is 14.4. The number of Topliss-reactive ketones (excluding diaryl/α,β-unsaturated/α-hetero) is 1. The fourth-order valence-electron chi connectivity index (χ4n) is 6.50. The minimum atomic E-state index is -4.93. The Morgan fingerprint density at radius 1 is 1.05 bits per heavy atom. The summed E-state index contributed by atoms with van der Waals surface area (Å²) < 4.78 is 57.8. The van der Waals surface area contributed by atoms with Crippen LogP contribution < -0.4 is 5.32 Å². The van der Waals surface area contributed by atoms with Gasteiger partial charge in [-0.2, -0.15) is 13.2 Å². The molecule has 1 aliphatic heterocycles. The van der Waals surface area contributed by atoms with Crippen molar-refractivity contribution in [2.75, 3.05) is 0 Å². The van der Waals surface area contributed by atoms with E-state index in [0.717, 1.165) is 79.0 Å². The average Bonchev–Trinajstić information content (AvgIpc) is 3.52. The fraction of sp³-hybridized carbons (Fsp3) is 0.567. The van der Waals surface area contributed by atoms with Gasteiger partial charge in [-0.15, -0.1) is 11.3 Å². The summed E-state index contributed by atoms with van der Waals surface area (Å²) in [5.41, 5.74) is -1.72. The minimum absolute atomic E-state index is 0.0357. The smallest absolute Gasteiger partial charge is 0.374 e. The molecule has 5 nitrogen and oxygen atoms in total. The maximum atomic E-state index is 14.6. The Bertz CT molecular complexity index is 1430. The molecule has 6 rings (SSSR count). The molecule has 42 heavy (non-hydrogen) atoms. The van der Waals surface area contributed by atoms with E-state index in [2.05, 4.69) is 10.5 Å². The molecule has 3 atom stereocenters. The Balaban J connectivity index is 1.26. The number of halogens is 6. The van der Waals surface area contributed by atoms with Crippen molar-refractivity contribution in [1.82, 2.24) is 5.32 Å². The van der Waals surface area contributed by atoms with Gasteiger partial charge in [0.15, 0.2) is 11.6 Å². The van der Waals surface area contributed by atoms with Crippen molar-refractivity contribution in [3.05, 3.63) is 54.4 Å². The molecule has 2 aromatic rings. The van der Waals surface area contributed by atoms with Gasteiger partial charge in [-0.1, -0.05) is 47.6 Å². The Hall–Kier alpha value is -2.17. The van der Waals surface area contributed by atoms with Crippen molar-refractivity contribution in [2.24, 2.45) is 17.0 Å². The molecule has 2 saturated carbocycles. The summed E-state index contributed by atoms with van der Waals surface area (Å²) in [6.07, 6.45) is 3.93. The molecule has 0 spiro atoms. The average molecular weight is 646 g/mol. The van der Waals surface area contributed by atoms with Gasteiger partial charge in [-0.25, -0.2) is 4.39 Å². The maximum Gasteiger partial charge on any atom is 0.435 e. The number of alkyl halides is 3. The van der Waals surface area contributed by atoms with Crippen LogP contribution in [0.3, 0.4) is 0 Å². The van der Waals surface area contributed by atoms with E-state index in [-0.39, 0.29) is 23.3 Å². The van der Waals surface area contributed by atoms with Crippen molar-refractivity contribution < 1.29 is 32.0 Å². The topological polar surface area (TPSA) is 67.8 Å². The number of oxime groups is 1. The van der Waals surface area contributed by atoms with Gasteiger partial charge >= 0.3 is 6.18 Å². The lowest BCUT2D eigenvalue weighted by Crippen LogP contribution is -2.46. The third kappa shape index (κ3) is 5.47. The van der Waals surface area contributed by atoms with E-state index in [1.54, 1.807) is 0 Å². The zero-order valence-electron chi connectivity index (χ0n) is 22.7. The number of hydrogen-bond acceptors (Lipinski definition) is 5. The number of thiophene rings is 1. The maximum absolute atomic E-state index is 14.6. The number of amides is 1. The van der Waals surface area contributed by atoms with Crippen LogP contribution in [0.4, 0.5) is 17.6 Å². The van der Waals surface area contributed by atoms with Gasteiger partial charge in [0, 0.05) is 11.5 Å². The third-order valence-electron chi connectivity index (χ3n) is 9.04. The minimum Gasteiger partial charge on any atom is -0.374 e. The van der Waals surface area contributed by atoms with Crippen LogP contribution in [0.1, 0.15) is 95.4 Å². The van der Waals surface area contributed by atoms with Crippen LogP contribution in [-0.2, 0) is 28.1 Å². The number of nitrogens with one attached hydrogen (secondary N) is 1. The van der Waals surface area contributed by atoms with Gasteiger partial charge < -0.3 is 10.2 Å². The van der Waals surface area contributed by atoms with Gasteiger partial charge in [0.25, 0.3) is 11.5 Å². The Morgan fingerprint density at radius 2 is 1.74 bits per heavy atom. The predicted molar refractivity (Wildman–Crippen MR) is 153 cm³/mol. The number of carbonyl (C=O) groups excluding carboxylic acids is 2. The number of benzene rings is 1. The van der Waals surface area contributed by atoms with E-state index < -0.39 is 45.7 Å². The van der Waals surface area contributed by atoms with Crippen molar-refractivity contribution in [3.8, 4) is 0 Å². The molecule has 0 radical (unpaired) electrons. The largest absolute Gasteiger partial charge is 0.435 e. The molecule has 2 heterocycles. The molecule has 0 bridgehead atoms. The number of rotatable bonds is 7.